The molecule has 0 aliphatic carbocycles. The molecule has 0 radical (unpaired) electrons. The van der Waals surface area contributed by atoms with Crippen LogP contribution in [0.2, 0.25) is 0 Å². The molecule has 0 saturated carbocycles. The maximum Gasteiger partial charge on any atom is 0.263 e. The van der Waals surface area contributed by atoms with Crippen molar-refractivity contribution in [3.63, 3.8) is 0 Å². The van der Waals surface area contributed by atoms with Crippen molar-refractivity contribution in [2.24, 2.45) is 10.3 Å². The van der Waals surface area contributed by atoms with E-state index >= 15 is 0 Å². The number of nitrogens with zero attached hydrogens (tertiary/aromatic N) is 4. The number of fused-ring (bicyclic) bond motifs is 1. The Hall–Kier alpha value is -3.14. The summed E-state index contributed by atoms with van der Waals surface area (Å²) in [4.78, 5) is 39.3. The molecule has 0 spiro atoms. The van der Waals surface area contributed by atoms with Crippen LogP contribution >= 0.6 is 15.9 Å². The monoisotopic (exact) mass is 473 g/mol. The number of imide groups is 1. The molecular formula is C20H17BrFN5O3. The molecule has 8 nitrogen and oxygen atoms in total. The number of anilines is 2. The Morgan fingerprint density at radius 1 is 1.13 bits per heavy atom. The highest BCUT2D eigenvalue weighted by Gasteiger charge is 2.55. The molecule has 154 valence electrons. The van der Waals surface area contributed by atoms with E-state index in [1.165, 1.54) is 17.1 Å². The zero-order valence-electron chi connectivity index (χ0n) is 16.1. The van der Waals surface area contributed by atoms with Gasteiger partial charge in [-0.2, -0.15) is 5.11 Å². The van der Waals surface area contributed by atoms with Gasteiger partial charge in [0.1, 0.15) is 12.4 Å². The Morgan fingerprint density at radius 2 is 1.83 bits per heavy atom. The van der Waals surface area contributed by atoms with Crippen molar-refractivity contribution < 1.29 is 18.8 Å². The Bertz CT molecular complexity index is 1090. The fourth-order valence-electron chi connectivity index (χ4n) is 3.62. The van der Waals surface area contributed by atoms with E-state index in [4.69, 9.17) is 0 Å². The average molecular weight is 474 g/mol. The van der Waals surface area contributed by atoms with E-state index in [-0.39, 0.29) is 12.2 Å². The molecule has 3 amide bonds. The van der Waals surface area contributed by atoms with Crippen LogP contribution in [-0.4, -0.2) is 41.4 Å². The van der Waals surface area contributed by atoms with Gasteiger partial charge in [0.05, 0.1) is 11.4 Å². The predicted molar refractivity (Wildman–Crippen MR) is 110 cm³/mol. The van der Waals surface area contributed by atoms with Gasteiger partial charge in [-0.3, -0.25) is 19.4 Å². The summed E-state index contributed by atoms with van der Waals surface area (Å²) in [5.41, 5.74) is 2.30. The molecule has 1 N–H and O–H groups in total. The summed E-state index contributed by atoms with van der Waals surface area (Å²) >= 11 is 3.15. The maximum atomic E-state index is 14.0. The standard InChI is InChI=1S/C20H17BrFN5O3/c1-10-5-11(2)7-13(6-10)27-19(29)17-18(20(27)30)26(25-24-17)9-16(28)23-15-4-3-12(21)8-14(15)22/h3-8,17-18H,9H2,1-2H3,(H,23,28). The van der Waals surface area contributed by atoms with Crippen LogP contribution in [0.1, 0.15) is 11.1 Å². The summed E-state index contributed by atoms with van der Waals surface area (Å²) in [5, 5.41) is 11.3. The summed E-state index contributed by atoms with van der Waals surface area (Å²) in [6.07, 6.45) is 0. The van der Waals surface area contributed by atoms with E-state index in [2.05, 4.69) is 31.6 Å². The average Bonchev–Trinajstić information content (AvgIpc) is 3.17. The van der Waals surface area contributed by atoms with Gasteiger partial charge in [-0.1, -0.05) is 27.2 Å². The zero-order valence-corrected chi connectivity index (χ0v) is 17.7. The number of hydrogen-bond donors (Lipinski definition) is 1. The molecule has 2 aliphatic heterocycles. The summed E-state index contributed by atoms with van der Waals surface area (Å²) < 4.78 is 14.5. The number of amides is 3. The Morgan fingerprint density at radius 3 is 2.50 bits per heavy atom. The van der Waals surface area contributed by atoms with Crippen molar-refractivity contribution in [3.8, 4) is 0 Å². The van der Waals surface area contributed by atoms with E-state index in [1.54, 1.807) is 18.2 Å². The highest BCUT2D eigenvalue weighted by Crippen LogP contribution is 2.32. The summed E-state index contributed by atoms with van der Waals surface area (Å²) in [6.45, 7) is 3.40. The molecule has 2 atom stereocenters. The smallest absolute Gasteiger partial charge is 0.263 e. The molecule has 2 heterocycles. The fraction of sp³-hybridized carbons (Fsp3) is 0.250. The Kier molecular flexibility index (Phi) is 5.10. The number of carbonyl (C=O) groups excluding carboxylic acids is 3. The number of halogens is 2. The van der Waals surface area contributed by atoms with Crippen LogP contribution in [0.5, 0.6) is 0 Å². The van der Waals surface area contributed by atoms with Gasteiger partial charge in [-0.15, -0.1) is 0 Å². The summed E-state index contributed by atoms with van der Waals surface area (Å²) in [6, 6.07) is 7.65. The summed E-state index contributed by atoms with van der Waals surface area (Å²) in [5.74, 6) is -2.17. The molecule has 1 fully saturated rings. The van der Waals surface area contributed by atoms with Gasteiger partial charge in [0.2, 0.25) is 5.91 Å². The molecule has 2 aromatic carbocycles. The fourth-order valence-corrected chi connectivity index (χ4v) is 3.95. The highest BCUT2D eigenvalue weighted by atomic mass is 79.9. The lowest BCUT2D eigenvalue weighted by atomic mass is 10.1. The van der Waals surface area contributed by atoms with E-state index in [1.807, 2.05) is 19.9 Å². The first-order valence-corrected chi connectivity index (χ1v) is 9.92. The maximum absolute atomic E-state index is 14.0. The second-order valence-electron chi connectivity index (χ2n) is 7.22. The van der Waals surface area contributed by atoms with Gasteiger partial charge in [0.15, 0.2) is 12.1 Å². The molecule has 2 aliphatic rings. The predicted octanol–water partition coefficient (Wildman–Crippen LogP) is 3.14. The van der Waals surface area contributed by atoms with Gasteiger partial charge >= 0.3 is 0 Å². The lowest BCUT2D eigenvalue weighted by Crippen LogP contribution is -2.43. The number of hydrogen-bond acceptors (Lipinski definition) is 6. The van der Waals surface area contributed by atoms with Gasteiger partial charge in [-0.25, -0.2) is 9.29 Å². The van der Waals surface area contributed by atoms with Gasteiger partial charge in [0.25, 0.3) is 11.8 Å². The third-order valence-corrected chi connectivity index (χ3v) is 5.33. The summed E-state index contributed by atoms with van der Waals surface area (Å²) in [7, 11) is 0. The minimum absolute atomic E-state index is 0.00146. The first kappa shape index (κ1) is 20.1. The second-order valence-corrected chi connectivity index (χ2v) is 8.14. The van der Waals surface area contributed by atoms with Crippen molar-refractivity contribution in [1.29, 1.82) is 0 Å². The first-order valence-electron chi connectivity index (χ1n) is 9.13. The van der Waals surface area contributed by atoms with E-state index in [0.29, 0.717) is 10.2 Å². The molecule has 4 rings (SSSR count). The van der Waals surface area contributed by atoms with E-state index < -0.39 is 35.6 Å². The number of nitrogens with one attached hydrogen (secondary N) is 1. The normalized spacial score (nSPS) is 20.1. The molecule has 2 unspecified atom stereocenters. The van der Waals surface area contributed by atoms with E-state index in [0.717, 1.165) is 16.0 Å². The Balaban J connectivity index is 1.51. The number of benzene rings is 2. The third kappa shape index (κ3) is 3.58. The van der Waals surface area contributed by atoms with Crippen LogP contribution in [0.4, 0.5) is 15.8 Å². The van der Waals surface area contributed by atoms with Crippen LogP contribution < -0.4 is 10.2 Å². The van der Waals surface area contributed by atoms with Crippen molar-refractivity contribution >= 4 is 45.0 Å². The van der Waals surface area contributed by atoms with Gasteiger partial charge in [-0.05, 0) is 55.3 Å². The van der Waals surface area contributed by atoms with E-state index in [9.17, 15) is 18.8 Å². The van der Waals surface area contributed by atoms with Crippen molar-refractivity contribution in [2.45, 2.75) is 25.9 Å². The van der Waals surface area contributed by atoms with Crippen molar-refractivity contribution in [2.75, 3.05) is 16.8 Å². The number of carbonyl (C=O) groups is 3. The van der Waals surface area contributed by atoms with Gasteiger partial charge in [0, 0.05) is 4.47 Å². The van der Waals surface area contributed by atoms with Crippen LogP contribution in [0, 0.1) is 19.7 Å². The lowest BCUT2D eigenvalue weighted by molar-refractivity contribution is -0.123. The second kappa shape index (κ2) is 7.60. The quantitative estimate of drug-likeness (QED) is 0.690. The largest absolute Gasteiger partial charge is 0.322 e. The van der Waals surface area contributed by atoms with Crippen molar-refractivity contribution in [1.82, 2.24) is 5.01 Å². The third-order valence-electron chi connectivity index (χ3n) is 4.83. The van der Waals surface area contributed by atoms with Crippen LogP contribution in [0.15, 0.2) is 51.2 Å². The van der Waals surface area contributed by atoms with Gasteiger partial charge < -0.3 is 5.32 Å². The zero-order chi connectivity index (χ0) is 21.6. The molecule has 0 bridgehead atoms. The molecule has 2 aromatic rings. The van der Waals surface area contributed by atoms with Crippen LogP contribution in [0.3, 0.4) is 0 Å². The lowest BCUT2D eigenvalue weighted by Gasteiger charge is -2.20. The molecule has 0 aromatic heterocycles. The van der Waals surface area contributed by atoms with Crippen molar-refractivity contribution in [3.05, 3.63) is 57.8 Å². The van der Waals surface area contributed by atoms with Crippen LogP contribution in [0.25, 0.3) is 0 Å². The first-order chi connectivity index (χ1) is 14.2. The minimum atomic E-state index is -1.00. The van der Waals surface area contributed by atoms with Crippen LogP contribution in [-0.2, 0) is 14.4 Å². The highest BCUT2D eigenvalue weighted by molar-refractivity contribution is 9.10. The minimum Gasteiger partial charge on any atom is -0.322 e. The topological polar surface area (TPSA) is 94.4 Å². The number of aryl methyl sites for hydroxylation is 2. The molecular weight excluding hydrogens is 457 g/mol. The molecule has 30 heavy (non-hydrogen) atoms. The molecule has 1 saturated heterocycles. The SMILES string of the molecule is Cc1cc(C)cc(N2C(=O)C3N=NN(CC(=O)Nc4ccc(Br)cc4F)C3C2=O)c1. The molecule has 10 heteroatoms. The Labute approximate surface area is 179 Å². The number of rotatable bonds is 4.